The van der Waals surface area contributed by atoms with Crippen molar-refractivity contribution in [3.63, 3.8) is 0 Å². The molecule has 0 amide bonds. The number of hydrogen-bond acceptors (Lipinski definition) is 3. The van der Waals surface area contributed by atoms with Gasteiger partial charge in [-0.2, -0.15) is 0 Å². The molecule has 106 valence electrons. The Morgan fingerprint density at radius 1 is 1.11 bits per heavy atom. The number of rotatable bonds is 6. The van der Waals surface area contributed by atoms with E-state index in [-0.39, 0.29) is 6.10 Å². The van der Waals surface area contributed by atoms with E-state index in [2.05, 4.69) is 12.2 Å². The number of ether oxygens (including phenoxy) is 1. The Kier molecular flexibility index (Phi) is 5.93. The highest BCUT2D eigenvalue weighted by Gasteiger charge is 2.23. The topological polar surface area (TPSA) is 41.5 Å². The van der Waals surface area contributed by atoms with Crippen molar-refractivity contribution in [2.75, 3.05) is 13.2 Å². The lowest BCUT2D eigenvalue weighted by Gasteiger charge is -2.24. The van der Waals surface area contributed by atoms with Crippen molar-refractivity contribution < 1.29 is 9.84 Å². The van der Waals surface area contributed by atoms with Crippen molar-refractivity contribution in [1.29, 1.82) is 0 Å². The first-order valence-electron chi connectivity index (χ1n) is 7.78. The summed E-state index contributed by atoms with van der Waals surface area (Å²) in [4.78, 5) is 0. The Morgan fingerprint density at radius 2 is 1.89 bits per heavy atom. The first kappa shape index (κ1) is 14.3. The number of hydrogen-bond donors (Lipinski definition) is 2. The summed E-state index contributed by atoms with van der Waals surface area (Å²) in [5, 5.41) is 13.4. The van der Waals surface area contributed by atoms with Gasteiger partial charge in [0.25, 0.3) is 0 Å². The Bertz CT molecular complexity index is 229. The van der Waals surface area contributed by atoms with Crippen molar-refractivity contribution in [2.24, 2.45) is 5.92 Å². The number of aliphatic hydroxyl groups excluding tert-OH is 1. The van der Waals surface area contributed by atoms with Crippen LogP contribution in [0.3, 0.4) is 0 Å². The molecular formula is C15H29NO2. The highest BCUT2D eigenvalue weighted by molar-refractivity contribution is 4.81. The first-order valence-corrected chi connectivity index (χ1v) is 7.78. The Balaban J connectivity index is 1.55. The van der Waals surface area contributed by atoms with Crippen molar-refractivity contribution in [1.82, 2.24) is 5.32 Å². The molecule has 2 fully saturated rings. The fraction of sp³-hybridized carbons (Fsp3) is 1.00. The second-order valence-corrected chi connectivity index (χ2v) is 6.17. The predicted octanol–water partition coefficient (Wildman–Crippen LogP) is 2.47. The van der Waals surface area contributed by atoms with E-state index in [1.54, 1.807) is 0 Å². The van der Waals surface area contributed by atoms with Gasteiger partial charge in [0.05, 0.1) is 18.8 Å². The highest BCUT2D eigenvalue weighted by Crippen LogP contribution is 2.24. The van der Waals surface area contributed by atoms with Crippen LogP contribution in [-0.2, 0) is 4.74 Å². The molecule has 0 aromatic heterocycles. The van der Waals surface area contributed by atoms with E-state index in [4.69, 9.17) is 4.74 Å². The van der Waals surface area contributed by atoms with Crippen LogP contribution >= 0.6 is 0 Å². The van der Waals surface area contributed by atoms with Gasteiger partial charge < -0.3 is 15.2 Å². The van der Waals surface area contributed by atoms with Gasteiger partial charge in [0, 0.05) is 12.6 Å². The van der Waals surface area contributed by atoms with Crippen molar-refractivity contribution in [2.45, 2.75) is 76.5 Å². The summed E-state index contributed by atoms with van der Waals surface area (Å²) in [6.07, 6.45) is 10.3. The maximum atomic E-state index is 9.94. The molecule has 0 aromatic carbocycles. The zero-order chi connectivity index (χ0) is 12.8. The molecule has 0 spiro atoms. The molecule has 0 aromatic rings. The zero-order valence-electron chi connectivity index (χ0n) is 11.7. The summed E-state index contributed by atoms with van der Waals surface area (Å²) in [7, 11) is 0. The average molecular weight is 255 g/mol. The molecule has 2 N–H and O–H groups in total. The van der Waals surface area contributed by atoms with Gasteiger partial charge in [0.1, 0.15) is 0 Å². The largest absolute Gasteiger partial charge is 0.389 e. The Morgan fingerprint density at radius 3 is 2.56 bits per heavy atom. The lowest BCUT2D eigenvalue weighted by atomic mass is 9.98. The van der Waals surface area contributed by atoms with Crippen LogP contribution in [0.5, 0.6) is 0 Å². The van der Waals surface area contributed by atoms with E-state index in [0.29, 0.717) is 25.3 Å². The first-order chi connectivity index (χ1) is 8.75. The van der Waals surface area contributed by atoms with Gasteiger partial charge in [-0.1, -0.05) is 32.6 Å². The van der Waals surface area contributed by atoms with Gasteiger partial charge in [0.2, 0.25) is 0 Å². The second kappa shape index (κ2) is 7.46. The number of nitrogens with one attached hydrogen (secondary N) is 1. The van der Waals surface area contributed by atoms with Crippen LogP contribution in [0.1, 0.15) is 58.3 Å². The lowest BCUT2D eigenvalue weighted by Crippen LogP contribution is -2.39. The van der Waals surface area contributed by atoms with Crippen LogP contribution in [0.25, 0.3) is 0 Å². The second-order valence-electron chi connectivity index (χ2n) is 6.17. The minimum absolute atomic E-state index is 0.347. The van der Waals surface area contributed by atoms with Gasteiger partial charge in [-0.05, 0) is 31.6 Å². The molecule has 3 unspecified atom stereocenters. The summed E-state index contributed by atoms with van der Waals surface area (Å²) in [6, 6.07) is 0.606. The van der Waals surface area contributed by atoms with Crippen molar-refractivity contribution >= 4 is 0 Å². The normalized spacial score (nSPS) is 31.7. The molecule has 0 heterocycles. The molecule has 3 nitrogen and oxygen atoms in total. The molecule has 0 aliphatic heterocycles. The SMILES string of the molecule is CC1CCCC1NCC(O)COC1CCCCC1. The molecule has 2 aliphatic carbocycles. The monoisotopic (exact) mass is 255 g/mol. The molecule has 2 saturated carbocycles. The molecule has 0 bridgehead atoms. The molecule has 3 atom stereocenters. The maximum absolute atomic E-state index is 9.94. The van der Waals surface area contributed by atoms with Crippen LogP contribution in [0.2, 0.25) is 0 Å². The molecule has 0 saturated heterocycles. The van der Waals surface area contributed by atoms with Gasteiger partial charge in [-0.25, -0.2) is 0 Å². The molecule has 18 heavy (non-hydrogen) atoms. The smallest absolute Gasteiger partial charge is 0.0897 e. The van der Waals surface area contributed by atoms with E-state index < -0.39 is 0 Å². The van der Waals surface area contributed by atoms with E-state index in [1.165, 1.54) is 51.4 Å². The van der Waals surface area contributed by atoms with Gasteiger partial charge in [0.15, 0.2) is 0 Å². The van der Waals surface area contributed by atoms with E-state index in [1.807, 2.05) is 0 Å². The summed E-state index contributed by atoms with van der Waals surface area (Å²) < 4.78 is 5.80. The quantitative estimate of drug-likeness (QED) is 0.766. The van der Waals surface area contributed by atoms with Crippen LogP contribution in [0.4, 0.5) is 0 Å². The van der Waals surface area contributed by atoms with Crippen LogP contribution < -0.4 is 5.32 Å². The third-order valence-electron chi connectivity index (χ3n) is 4.55. The van der Waals surface area contributed by atoms with Gasteiger partial charge in [-0.3, -0.25) is 0 Å². The van der Waals surface area contributed by atoms with E-state index in [0.717, 1.165) is 5.92 Å². The third-order valence-corrected chi connectivity index (χ3v) is 4.55. The molecule has 2 rings (SSSR count). The molecule has 3 heteroatoms. The zero-order valence-corrected chi connectivity index (χ0v) is 11.7. The van der Waals surface area contributed by atoms with E-state index in [9.17, 15) is 5.11 Å². The fourth-order valence-electron chi connectivity index (χ4n) is 3.27. The van der Waals surface area contributed by atoms with Gasteiger partial charge >= 0.3 is 0 Å². The van der Waals surface area contributed by atoms with Crippen molar-refractivity contribution in [3.8, 4) is 0 Å². The fourth-order valence-corrected chi connectivity index (χ4v) is 3.27. The Labute approximate surface area is 111 Å². The minimum Gasteiger partial charge on any atom is -0.389 e. The highest BCUT2D eigenvalue weighted by atomic mass is 16.5. The van der Waals surface area contributed by atoms with E-state index >= 15 is 0 Å². The average Bonchev–Trinajstić information content (AvgIpc) is 2.81. The Hall–Kier alpha value is -0.120. The number of aliphatic hydroxyl groups is 1. The summed E-state index contributed by atoms with van der Waals surface area (Å²) in [5.74, 6) is 0.761. The van der Waals surface area contributed by atoms with Crippen LogP contribution in [0, 0.1) is 5.92 Å². The lowest BCUT2D eigenvalue weighted by molar-refractivity contribution is -0.0238. The molecule has 2 aliphatic rings. The predicted molar refractivity (Wildman–Crippen MR) is 73.6 cm³/mol. The standard InChI is InChI=1S/C15H29NO2/c1-12-6-5-9-15(12)16-10-13(17)11-18-14-7-3-2-4-8-14/h12-17H,2-11H2,1H3. The van der Waals surface area contributed by atoms with Crippen molar-refractivity contribution in [3.05, 3.63) is 0 Å². The van der Waals surface area contributed by atoms with Crippen LogP contribution in [-0.4, -0.2) is 36.5 Å². The summed E-state index contributed by atoms with van der Waals surface area (Å²) >= 11 is 0. The molecular weight excluding hydrogens is 226 g/mol. The summed E-state index contributed by atoms with van der Waals surface area (Å²) in [5.41, 5.74) is 0. The molecule has 0 radical (unpaired) electrons. The van der Waals surface area contributed by atoms with Gasteiger partial charge in [-0.15, -0.1) is 0 Å². The summed E-state index contributed by atoms with van der Waals surface area (Å²) in [6.45, 7) is 3.48. The maximum Gasteiger partial charge on any atom is 0.0897 e. The minimum atomic E-state index is -0.347. The van der Waals surface area contributed by atoms with Crippen LogP contribution in [0.15, 0.2) is 0 Å². The third kappa shape index (κ3) is 4.52.